The van der Waals surface area contributed by atoms with Gasteiger partial charge in [0.05, 0.1) is 17.8 Å². The van der Waals surface area contributed by atoms with Gasteiger partial charge in [-0.1, -0.05) is 29.8 Å². The molecule has 140 valence electrons. The largest absolute Gasteiger partial charge is 0.497 e. The van der Waals surface area contributed by atoms with Gasteiger partial charge in [0.1, 0.15) is 11.6 Å². The molecule has 0 fully saturated rings. The molecular weight excluding hydrogens is 360 g/mol. The summed E-state index contributed by atoms with van der Waals surface area (Å²) in [6.45, 7) is 4.79. The number of rotatable bonds is 7. The molecule has 2 N–H and O–H groups in total. The number of aryl methyl sites for hydroxylation is 2. The van der Waals surface area contributed by atoms with Crippen molar-refractivity contribution in [2.45, 2.75) is 20.3 Å². The zero-order valence-corrected chi connectivity index (χ0v) is 16.5. The zero-order chi connectivity index (χ0) is 19.2. The van der Waals surface area contributed by atoms with Crippen LogP contribution in [-0.2, 0) is 6.42 Å². The highest BCUT2D eigenvalue weighted by Gasteiger charge is 2.07. The van der Waals surface area contributed by atoms with Crippen LogP contribution in [0.4, 0.5) is 17.5 Å². The molecule has 0 saturated heterocycles. The predicted molar refractivity (Wildman–Crippen MR) is 111 cm³/mol. The van der Waals surface area contributed by atoms with Gasteiger partial charge in [-0.15, -0.1) is 0 Å². The van der Waals surface area contributed by atoms with Crippen LogP contribution in [0.5, 0.6) is 5.75 Å². The number of anilines is 3. The van der Waals surface area contributed by atoms with Crippen molar-refractivity contribution >= 4 is 29.1 Å². The van der Waals surface area contributed by atoms with E-state index in [0.29, 0.717) is 16.8 Å². The minimum absolute atomic E-state index is 0.578. The number of hydrogen-bond donors (Lipinski definition) is 2. The normalized spacial score (nSPS) is 10.5. The van der Waals surface area contributed by atoms with Crippen molar-refractivity contribution in [3.63, 3.8) is 0 Å². The number of nitrogens with one attached hydrogen (secondary N) is 2. The van der Waals surface area contributed by atoms with Crippen molar-refractivity contribution < 1.29 is 4.74 Å². The lowest BCUT2D eigenvalue weighted by Gasteiger charge is -2.13. The minimum Gasteiger partial charge on any atom is -0.497 e. The summed E-state index contributed by atoms with van der Waals surface area (Å²) in [6.07, 6.45) is 2.59. The quantitative estimate of drug-likeness (QED) is 0.591. The maximum Gasteiger partial charge on any atom is 0.224 e. The summed E-state index contributed by atoms with van der Waals surface area (Å²) in [6, 6.07) is 13.9. The maximum atomic E-state index is 6.37. The molecule has 5 nitrogen and oxygen atoms in total. The lowest BCUT2D eigenvalue weighted by Crippen LogP contribution is -2.09. The van der Waals surface area contributed by atoms with E-state index in [1.807, 2.05) is 38.1 Å². The third kappa shape index (κ3) is 5.11. The van der Waals surface area contributed by atoms with Gasteiger partial charge in [0, 0.05) is 12.7 Å². The smallest absolute Gasteiger partial charge is 0.224 e. The van der Waals surface area contributed by atoms with Gasteiger partial charge in [0.25, 0.3) is 0 Å². The molecule has 1 aromatic heterocycles. The first-order chi connectivity index (χ1) is 13.0. The Balaban J connectivity index is 1.62. The molecule has 0 aliphatic carbocycles. The Morgan fingerprint density at radius 3 is 2.56 bits per heavy atom. The average molecular weight is 383 g/mol. The first-order valence-corrected chi connectivity index (χ1v) is 9.16. The van der Waals surface area contributed by atoms with E-state index < -0.39 is 0 Å². The fourth-order valence-electron chi connectivity index (χ4n) is 2.83. The molecule has 0 bridgehead atoms. The van der Waals surface area contributed by atoms with Crippen LogP contribution in [0.3, 0.4) is 0 Å². The Morgan fingerprint density at radius 1 is 1.07 bits per heavy atom. The Labute approximate surface area is 164 Å². The first-order valence-electron chi connectivity index (χ1n) is 8.79. The summed E-state index contributed by atoms with van der Waals surface area (Å²) < 4.78 is 5.18. The van der Waals surface area contributed by atoms with E-state index in [1.165, 1.54) is 5.56 Å². The van der Waals surface area contributed by atoms with Gasteiger partial charge >= 0.3 is 0 Å². The number of benzene rings is 2. The molecule has 3 rings (SSSR count). The van der Waals surface area contributed by atoms with E-state index in [9.17, 15) is 0 Å². The Kier molecular flexibility index (Phi) is 6.14. The highest BCUT2D eigenvalue weighted by molar-refractivity contribution is 6.33. The average Bonchev–Trinajstić information content (AvgIpc) is 2.65. The summed E-state index contributed by atoms with van der Waals surface area (Å²) in [5.41, 5.74) is 4.30. The lowest BCUT2D eigenvalue weighted by atomic mass is 10.1. The summed E-state index contributed by atoms with van der Waals surface area (Å²) in [4.78, 5) is 8.80. The SMILES string of the molecule is COc1ccc(CCNc2nccc(Nc3c(C)cc(C)cc3Cl)n2)cc1. The van der Waals surface area contributed by atoms with E-state index in [1.54, 1.807) is 13.3 Å². The zero-order valence-electron chi connectivity index (χ0n) is 15.7. The highest BCUT2D eigenvalue weighted by Crippen LogP contribution is 2.29. The van der Waals surface area contributed by atoms with Crippen molar-refractivity contribution in [3.8, 4) is 5.75 Å². The van der Waals surface area contributed by atoms with Crippen molar-refractivity contribution in [1.82, 2.24) is 9.97 Å². The van der Waals surface area contributed by atoms with Crippen LogP contribution in [-0.4, -0.2) is 23.6 Å². The lowest BCUT2D eigenvalue weighted by molar-refractivity contribution is 0.414. The van der Waals surface area contributed by atoms with Crippen LogP contribution < -0.4 is 15.4 Å². The molecule has 0 unspecified atom stereocenters. The van der Waals surface area contributed by atoms with Gasteiger partial charge in [0.2, 0.25) is 5.95 Å². The molecule has 0 atom stereocenters. The summed E-state index contributed by atoms with van der Waals surface area (Å²) >= 11 is 6.37. The Morgan fingerprint density at radius 2 is 1.85 bits per heavy atom. The number of methoxy groups -OCH3 is 1. The van der Waals surface area contributed by atoms with Crippen molar-refractivity contribution in [1.29, 1.82) is 0 Å². The predicted octanol–water partition coefficient (Wildman–Crippen LogP) is 5.15. The molecule has 0 amide bonds. The Hall–Kier alpha value is -2.79. The molecule has 2 aromatic carbocycles. The monoisotopic (exact) mass is 382 g/mol. The fourth-order valence-corrected chi connectivity index (χ4v) is 3.19. The van der Waals surface area contributed by atoms with Gasteiger partial charge in [-0.05, 0) is 61.2 Å². The number of ether oxygens (including phenoxy) is 1. The standard InChI is InChI=1S/C21H23ClN4O/c1-14-12-15(2)20(18(22)13-14)25-19-9-11-24-21(26-19)23-10-8-16-4-6-17(27-3)7-5-16/h4-7,9,11-13H,8,10H2,1-3H3,(H2,23,24,25,26). The van der Waals surface area contributed by atoms with Crippen LogP contribution in [0.25, 0.3) is 0 Å². The fraction of sp³-hybridized carbons (Fsp3) is 0.238. The Bertz CT molecular complexity index is 889. The van der Waals surface area contributed by atoms with Crippen LogP contribution in [0.2, 0.25) is 5.02 Å². The van der Waals surface area contributed by atoms with Gasteiger partial charge in [0.15, 0.2) is 0 Å². The molecule has 0 radical (unpaired) electrons. The van der Waals surface area contributed by atoms with Crippen LogP contribution in [0, 0.1) is 13.8 Å². The van der Waals surface area contributed by atoms with E-state index >= 15 is 0 Å². The highest BCUT2D eigenvalue weighted by atomic mass is 35.5. The molecule has 0 aliphatic heterocycles. The molecule has 0 saturated carbocycles. The van der Waals surface area contributed by atoms with Gasteiger partial charge in [-0.25, -0.2) is 4.98 Å². The second-order valence-corrected chi connectivity index (χ2v) is 6.76. The van der Waals surface area contributed by atoms with Crippen LogP contribution in [0.15, 0.2) is 48.7 Å². The van der Waals surface area contributed by atoms with E-state index in [4.69, 9.17) is 16.3 Å². The van der Waals surface area contributed by atoms with Crippen molar-refractivity contribution in [3.05, 3.63) is 70.4 Å². The van der Waals surface area contributed by atoms with E-state index in [2.05, 4.69) is 38.8 Å². The van der Waals surface area contributed by atoms with Crippen LogP contribution in [0.1, 0.15) is 16.7 Å². The van der Waals surface area contributed by atoms with Crippen molar-refractivity contribution in [2.24, 2.45) is 0 Å². The number of hydrogen-bond acceptors (Lipinski definition) is 5. The van der Waals surface area contributed by atoms with Crippen LogP contribution >= 0.6 is 11.6 Å². The molecule has 0 spiro atoms. The van der Waals surface area contributed by atoms with Gasteiger partial charge in [-0.3, -0.25) is 0 Å². The van der Waals surface area contributed by atoms with Gasteiger partial charge in [-0.2, -0.15) is 4.98 Å². The minimum atomic E-state index is 0.578. The second kappa shape index (κ2) is 8.73. The number of nitrogens with zero attached hydrogens (tertiary/aromatic N) is 2. The number of aromatic nitrogens is 2. The summed E-state index contributed by atoms with van der Waals surface area (Å²) in [5, 5.41) is 7.23. The second-order valence-electron chi connectivity index (χ2n) is 6.35. The summed E-state index contributed by atoms with van der Waals surface area (Å²) in [5.74, 6) is 2.14. The third-order valence-electron chi connectivity index (χ3n) is 4.20. The molecule has 3 aromatic rings. The van der Waals surface area contributed by atoms with E-state index in [0.717, 1.165) is 35.5 Å². The topological polar surface area (TPSA) is 59.1 Å². The summed E-state index contributed by atoms with van der Waals surface area (Å²) in [7, 11) is 1.67. The maximum absolute atomic E-state index is 6.37. The third-order valence-corrected chi connectivity index (χ3v) is 4.49. The first kappa shape index (κ1) is 19.0. The molecule has 27 heavy (non-hydrogen) atoms. The molecular formula is C21H23ClN4O. The van der Waals surface area contributed by atoms with E-state index in [-0.39, 0.29) is 0 Å². The number of halogens is 1. The molecule has 0 aliphatic rings. The molecule has 1 heterocycles. The van der Waals surface area contributed by atoms with Crippen molar-refractivity contribution in [2.75, 3.05) is 24.3 Å². The molecule has 6 heteroatoms. The van der Waals surface area contributed by atoms with Gasteiger partial charge < -0.3 is 15.4 Å².